The molecule has 0 saturated carbocycles. The molecule has 0 aliphatic rings. The van der Waals surface area contributed by atoms with Gasteiger partial charge in [0.2, 0.25) is 5.95 Å². The number of pyridine rings is 1. The summed E-state index contributed by atoms with van der Waals surface area (Å²) in [5.74, 6) is -0.538. The standard InChI is InChI=1S/C9H9FN2/c1-9(2,11-3)7-4-5-12-8(10)6-7/h4-6H,1-2H3. The molecule has 1 aromatic heterocycles. The highest BCUT2D eigenvalue weighted by atomic mass is 19.1. The molecule has 2 nitrogen and oxygen atoms in total. The third-order valence-electron chi connectivity index (χ3n) is 1.71. The molecule has 0 N–H and O–H groups in total. The highest BCUT2D eigenvalue weighted by Gasteiger charge is 2.25. The fourth-order valence-corrected chi connectivity index (χ4v) is 0.848. The molecular formula is C9H9FN2. The topological polar surface area (TPSA) is 17.2 Å². The van der Waals surface area contributed by atoms with E-state index in [9.17, 15) is 4.39 Å². The first-order valence-electron chi connectivity index (χ1n) is 3.57. The summed E-state index contributed by atoms with van der Waals surface area (Å²) < 4.78 is 12.6. The van der Waals surface area contributed by atoms with Crippen molar-refractivity contribution in [3.05, 3.63) is 41.3 Å². The maximum atomic E-state index is 12.6. The lowest BCUT2D eigenvalue weighted by Crippen LogP contribution is -2.11. The number of nitrogens with zero attached hydrogens (tertiary/aromatic N) is 2. The first kappa shape index (κ1) is 8.66. The van der Waals surface area contributed by atoms with Crippen molar-refractivity contribution in [1.82, 2.24) is 4.98 Å². The monoisotopic (exact) mass is 164 g/mol. The van der Waals surface area contributed by atoms with Gasteiger partial charge in [-0.3, -0.25) is 0 Å². The molecule has 0 saturated heterocycles. The van der Waals surface area contributed by atoms with E-state index in [1.54, 1.807) is 19.9 Å². The number of aromatic nitrogens is 1. The Balaban J connectivity index is 3.14. The van der Waals surface area contributed by atoms with Gasteiger partial charge in [-0.1, -0.05) is 0 Å². The summed E-state index contributed by atoms with van der Waals surface area (Å²) in [6, 6.07) is 2.94. The van der Waals surface area contributed by atoms with Crippen molar-refractivity contribution >= 4 is 0 Å². The Morgan fingerprint density at radius 1 is 1.58 bits per heavy atom. The zero-order chi connectivity index (χ0) is 9.19. The predicted octanol–water partition coefficient (Wildman–Crippen LogP) is 2.38. The summed E-state index contributed by atoms with van der Waals surface area (Å²) in [5, 5.41) is 0. The molecule has 0 atom stereocenters. The summed E-state index contributed by atoms with van der Waals surface area (Å²) in [4.78, 5) is 6.81. The Kier molecular flexibility index (Phi) is 2.09. The zero-order valence-electron chi connectivity index (χ0n) is 7.00. The van der Waals surface area contributed by atoms with E-state index in [1.807, 2.05) is 0 Å². The van der Waals surface area contributed by atoms with Crippen LogP contribution in [0, 0.1) is 12.5 Å². The van der Waals surface area contributed by atoms with Crippen LogP contribution in [-0.4, -0.2) is 4.98 Å². The largest absolute Gasteiger partial charge is 0.306 e. The number of rotatable bonds is 1. The smallest absolute Gasteiger partial charge is 0.252 e. The normalized spacial score (nSPS) is 10.8. The van der Waals surface area contributed by atoms with Crippen LogP contribution in [0.1, 0.15) is 19.4 Å². The van der Waals surface area contributed by atoms with Crippen LogP contribution in [0.25, 0.3) is 4.85 Å². The molecule has 0 bridgehead atoms. The predicted molar refractivity (Wildman–Crippen MR) is 43.8 cm³/mol. The van der Waals surface area contributed by atoms with Crippen molar-refractivity contribution in [3.63, 3.8) is 0 Å². The van der Waals surface area contributed by atoms with Crippen LogP contribution in [0.2, 0.25) is 0 Å². The van der Waals surface area contributed by atoms with Crippen LogP contribution in [0.15, 0.2) is 18.3 Å². The quantitative estimate of drug-likeness (QED) is 0.460. The molecule has 0 radical (unpaired) electrons. The maximum Gasteiger partial charge on any atom is 0.252 e. The van der Waals surface area contributed by atoms with Crippen molar-refractivity contribution in [2.75, 3.05) is 0 Å². The molecule has 62 valence electrons. The summed E-state index contributed by atoms with van der Waals surface area (Å²) in [5.41, 5.74) is -0.00551. The molecule has 0 fully saturated rings. The maximum absolute atomic E-state index is 12.6. The van der Waals surface area contributed by atoms with Gasteiger partial charge in [0.25, 0.3) is 5.54 Å². The Morgan fingerprint density at radius 2 is 2.25 bits per heavy atom. The van der Waals surface area contributed by atoms with Gasteiger partial charge in [-0.25, -0.2) is 11.6 Å². The Hall–Kier alpha value is -1.43. The average Bonchev–Trinajstić information content (AvgIpc) is 2.05. The van der Waals surface area contributed by atoms with Gasteiger partial charge in [0.15, 0.2) is 0 Å². The van der Waals surface area contributed by atoms with Crippen molar-refractivity contribution in [3.8, 4) is 0 Å². The Morgan fingerprint density at radius 3 is 2.75 bits per heavy atom. The van der Waals surface area contributed by atoms with Crippen LogP contribution < -0.4 is 0 Å². The summed E-state index contributed by atoms with van der Waals surface area (Å²) in [6.45, 7) is 10.4. The van der Waals surface area contributed by atoms with Gasteiger partial charge < -0.3 is 4.85 Å². The third kappa shape index (κ3) is 1.59. The second-order valence-electron chi connectivity index (χ2n) is 3.04. The third-order valence-corrected chi connectivity index (χ3v) is 1.71. The molecule has 0 aromatic carbocycles. The van der Waals surface area contributed by atoms with Gasteiger partial charge in [-0.15, -0.1) is 0 Å². The van der Waals surface area contributed by atoms with E-state index in [1.165, 1.54) is 12.3 Å². The van der Waals surface area contributed by atoms with Crippen LogP contribution in [0.5, 0.6) is 0 Å². The second kappa shape index (κ2) is 2.90. The minimum atomic E-state index is -0.663. The molecule has 12 heavy (non-hydrogen) atoms. The average molecular weight is 164 g/mol. The van der Waals surface area contributed by atoms with E-state index in [-0.39, 0.29) is 0 Å². The van der Waals surface area contributed by atoms with Crippen molar-refractivity contribution in [1.29, 1.82) is 0 Å². The zero-order valence-corrected chi connectivity index (χ0v) is 7.00. The van der Waals surface area contributed by atoms with Crippen molar-refractivity contribution < 1.29 is 4.39 Å². The van der Waals surface area contributed by atoms with Crippen molar-refractivity contribution in [2.24, 2.45) is 0 Å². The van der Waals surface area contributed by atoms with Crippen LogP contribution in [0.4, 0.5) is 4.39 Å². The fraction of sp³-hybridized carbons (Fsp3) is 0.333. The Bertz CT molecular complexity index is 326. The molecule has 0 aliphatic heterocycles. The molecule has 0 amide bonds. The van der Waals surface area contributed by atoms with E-state index in [0.29, 0.717) is 5.56 Å². The van der Waals surface area contributed by atoms with Gasteiger partial charge in [0.05, 0.1) is 0 Å². The first-order chi connectivity index (χ1) is 5.56. The molecule has 3 heteroatoms. The summed E-state index contributed by atoms with van der Waals surface area (Å²) in [7, 11) is 0. The lowest BCUT2D eigenvalue weighted by Gasteiger charge is -2.10. The molecule has 1 aromatic rings. The van der Waals surface area contributed by atoms with E-state index in [4.69, 9.17) is 6.57 Å². The van der Waals surface area contributed by atoms with E-state index in [0.717, 1.165) is 0 Å². The van der Waals surface area contributed by atoms with Crippen LogP contribution >= 0.6 is 0 Å². The minimum Gasteiger partial charge on any atom is -0.306 e. The van der Waals surface area contributed by atoms with Gasteiger partial charge >= 0.3 is 0 Å². The van der Waals surface area contributed by atoms with Gasteiger partial charge in [-0.2, -0.15) is 4.39 Å². The number of hydrogen-bond donors (Lipinski definition) is 0. The van der Waals surface area contributed by atoms with Gasteiger partial charge in [0.1, 0.15) is 0 Å². The van der Waals surface area contributed by atoms with Crippen LogP contribution in [-0.2, 0) is 5.54 Å². The lowest BCUT2D eigenvalue weighted by molar-refractivity contribution is 0.570. The fourth-order valence-electron chi connectivity index (χ4n) is 0.848. The molecular weight excluding hydrogens is 155 g/mol. The van der Waals surface area contributed by atoms with E-state index < -0.39 is 11.5 Å². The van der Waals surface area contributed by atoms with E-state index >= 15 is 0 Å². The van der Waals surface area contributed by atoms with Gasteiger partial charge in [0, 0.05) is 31.7 Å². The van der Waals surface area contributed by atoms with Gasteiger partial charge in [-0.05, 0) is 6.07 Å². The molecule has 1 heterocycles. The summed E-state index contributed by atoms with van der Waals surface area (Å²) >= 11 is 0. The highest BCUT2D eigenvalue weighted by molar-refractivity contribution is 5.23. The minimum absolute atomic E-state index is 0.538. The SMILES string of the molecule is [C-]#[N+]C(C)(C)c1ccnc(F)c1. The van der Waals surface area contributed by atoms with Crippen LogP contribution in [0.3, 0.4) is 0 Å². The summed E-state index contributed by atoms with van der Waals surface area (Å²) in [6.07, 6.45) is 1.37. The number of hydrogen-bond acceptors (Lipinski definition) is 1. The number of halogens is 1. The highest BCUT2D eigenvalue weighted by Crippen LogP contribution is 2.23. The van der Waals surface area contributed by atoms with E-state index in [2.05, 4.69) is 9.83 Å². The second-order valence-corrected chi connectivity index (χ2v) is 3.04. The first-order valence-corrected chi connectivity index (χ1v) is 3.57. The molecule has 0 unspecified atom stereocenters. The molecule has 0 aliphatic carbocycles. The Labute approximate surface area is 70.9 Å². The lowest BCUT2D eigenvalue weighted by atomic mass is 9.97. The molecule has 0 spiro atoms. The molecule has 1 rings (SSSR count). The van der Waals surface area contributed by atoms with Crippen molar-refractivity contribution in [2.45, 2.75) is 19.4 Å².